The van der Waals surface area contributed by atoms with Crippen LogP contribution in [0.1, 0.15) is 91.0 Å². The topological polar surface area (TPSA) is 69.6 Å². The lowest BCUT2D eigenvalue weighted by Crippen LogP contribution is -2.53. The Kier molecular flexibility index (Phi) is 8.34. The molecule has 3 aromatic rings. The van der Waals surface area contributed by atoms with E-state index >= 15 is 0 Å². The van der Waals surface area contributed by atoms with Crippen LogP contribution >= 0.6 is 11.6 Å². The van der Waals surface area contributed by atoms with Crippen molar-refractivity contribution in [2.45, 2.75) is 82.4 Å². The van der Waals surface area contributed by atoms with E-state index in [2.05, 4.69) is 50.4 Å². The Morgan fingerprint density at radius 1 is 0.975 bits per heavy atom. The minimum absolute atomic E-state index is 0.0580. The second-order valence-corrected chi connectivity index (χ2v) is 12.3. The second kappa shape index (κ2) is 11.8. The normalized spacial score (nSPS) is 23.0. The predicted molar refractivity (Wildman–Crippen MR) is 160 cm³/mol. The molecule has 0 saturated heterocycles. The monoisotopic (exact) mass is 558 g/mol. The lowest BCUT2D eigenvalue weighted by Gasteiger charge is -2.47. The second-order valence-electron chi connectivity index (χ2n) is 11.9. The van der Waals surface area contributed by atoms with Crippen LogP contribution in [0.5, 0.6) is 0 Å². The van der Waals surface area contributed by atoms with E-state index in [-0.39, 0.29) is 29.4 Å². The Bertz CT molecular complexity index is 1340. The molecule has 0 unspecified atom stereocenters. The molecule has 1 fully saturated rings. The van der Waals surface area contributed by atoms with Crippen molar-refractivity contribution in [2.75, 3.05) is 6.54 Å². The van der Waals surface area contributed by atoms with Crippen LogP contribution in [0.3, 0.4) is 0 Å². The first-order valence-electron chi connectivity index (χ1n) is 14.4. The number of amides is 2. The number of hydrogen-bond acceptors (Lipinski definition) is 3. The predicted octanol–water partition coefficient (Wildman–Crippen LogP) is 6.58. The number of carbonyl (C=O) groups is 2. The summed E-state index contributed by atoms with van der Waals surface area (Å²) < 4.78 is 0. The summed E-state index contributed by atoms with van der Waals surface area (Å²) in [6.45, 7) is 6.89. The van der Waals surface area contributed by atoms with Crippen molar-refractivity contribution in [3.63, 3.8) is 0 Å². The number of aliphatic hydroxyl groups excluding tert-OH is 1. The molecule has 40 heavy (non-hydrogen) atoms. The molecule has 5 rings (SSSR count). The summed E-state index contributed by atoms with van der Waals surface area (Å²) in [6.07, 6.45) is 3.34. The molecule has 0 aromatic heterocycles. The van der Waals surface area contributed by atoms with Crippen molar-refractivity contribution in [3.8, 4) is 0 Å². The lowest BCUT2D eigenvalue weighted by atomic mass is 9.76. The molecular weight excluding hydrogens is 520 g/mol. The quantitative estimate of drug-likeness (QED) is 0.344. The molecular formula is C34H39ClN2O3. The number of aliphatic hydroxyl groups is 1. The third-order valence-corrected chi connectivity index (χ3v) is 9.03. The molecule has 2 aliphatic rings. The van der Waals surface area contributed by atoms with Gasteiger partial charge < -0.3 is 15.3 Å². The number of carbonyl (C=O) groups excluding carboxylic acids is 2. The molecule has 1 aliphatic carbocycles. The van der Waals surface area contributed by atoms with Crippen molar-refractivity contribution >= 4 is 23.4 Å². The van der Waals surface area contributed by atoms with E-state index in [0.717, 1.165) is 17.5 Å². The van der Waals surface area contributed by atoms with Gasteiger partial charge in [-0.05, 0) is 72.6 Å². The molecule has 2 atom stereocenters. The third-order valence-electron chi connectivity index (χ3n) is 8.78. The molecule has 1 heterocycles. The van der Waals surface area contributed by atoms with Gasteiger partial charge in [-0.25, -0.2) is 0 Å². The van der Waals surface area contributed by atoms with Gasteiger partial charge in [0.05, 0.1) is 18.1 Å². The first kappa shape index (κ1) is 28.4. The first-order valence-corrected chi connectivity index (χ1v) is 14.8. The minimum atomic E-state index is -0.583. The van der Waals surface area contributed by atoms with Crippen LogP contribution in [0.2, 0.25) is 5.02 Å². The van der Waals surface area contributed by atoms with Crippen LogP contribution in [0.25, 0.3) is 0 Å². The summed E-state index contributed by atoms with van der Waals surface area (Å²) in [6, 6.07) is 23.1. The molecule has 1 aliphatic heterocycles. The van der Waals surface area contributed by atoms with Gasteiger partial charge in [0.2, 0.25) is 5.91 Å². The highest BCUT2D eigenvalue weighted by atomic mass is 35.5. The highest BCUT2D eigenvalue weighted by molar-refractivity contribution is 6.30. The maximum atomic E-state index is 14.3. The van der Waals surface area contributed by atoms with Crippen molar-refractivity contribution in [3.05, 3.63) is 106 Å². The highest BCUT2D eigenvalue weighted by Gasteiger charge is 2.47. The van der Waals surface area contributed by atoms with Gasteiger partial charge in [-0.2, -0.15) is 0 Å². The summed E-state index contributed by atoms with van der Waals surface area (Å²) >= 11 is 6.25. The fourth-order valence-corrected chi connectivity index (χ4v) is 6.42. The van der Waals surface area contributed by atoms with Gasteiger partial charge >= 0.3 is 0 Å². The average Bonchev–Trinajstić information content (AvgIpc) is 2.97. The number of halogens is 1. The summed E-state index contributed by atoms with van der Waals surface area (Å²) in [5, 5.41) is 14.1. The summed E-state index contributed by atoms with van der Waals surface area (Å²) in [5.41, 5.74) is 4.39. The van der Waals surface area contributed by atoms with Crippen LogP contribution < -0.4 is 5.32 Å². The number of nitrogens with zero attached hydrogens (tertiary/aromatic N) is 1. The molecule has 2 N–H and O–H groups in total. The number of hydrogen-bond donors (Lipinski definition) is 2. The molecule has 0 radical (unpaired) electrons. The van der Waals surface area contributed by atoms with Crippen LogP contribution in [0.4, 0.5) is 0 Å². The Balaban J connectivity index is 1.52. The maximum absolute atomic E-state index is 14.3. The number of rotatable bonds is 7. The zero-order valence-electron chi connectivity index (χ0n) is 23.6. The van der Waals surface area contributed by atoms with Gasteiger partial charge in [0.25, 0.3) is 5.91 Å². The molecule has 0 bridgehead atoms. The molecule has 1 saturated carbocycles. The van der Waals surface area contributed by atoms with Crippen molar-refractivity contribution in [1.82, 2.24) is 10.2 Å². The van der Waals surface area contributed by atoms with Gasteiger partial charge in [-0.15, -0.1) is 0 Å². The standard InChI is InChI=1S/C34H39ClN2O3/c1-4-22-9-13-24(14-10-22)34(2,3)21-36-32(39)30-28-7-5-6-8-29(28)33(40)37(26-17-19-27(38)20-18-26)31(30)23-11-15-25(35)16-12-23/h5-16,26-27,30-31,38H,4,17-21H2,1-3H3,(H,36,39)/t26?,27?,30-,31+/m1/s1. The fourth-order valence-electron chi connectivity index (χ4n) is 6.30. The Hall–Kier alpha value is -3.15. The third kappa shape index (κ3) is 5.68. The average molecular weight is 559 g/mol. The van der Waals surface area contributed by atoms with E-state index in [0.29, 0.717) is 42.8 Å². The lowest BCUT2D eigenvalue weighted by molar-refractivity contribution is -0.124. The van der Waals surface area contributed by atoms with E-state index in [1.54, 1.807) is 0 Å². The fraction of sp³-hybridized carbons (Fsp3) is 0.412. The smallest absolute Gasteiger partial charge is 0.254 e. The zero-order chi connectivity index (χ0) is 28.4. The van der Waals surface area contributed by atoms with Crippen LogP contribution in [0, 0.1) is 0 Å². The number of aryl methyl sites for hydroxylation is 1. The summed E-state index contributed by atoms with van der Waals surface area (Å²) in [5.74, 6) is -0.739. The number of benzene rings is 3. The van der Waals surface area contributed by atoms with E-state index in [1.807, 2.05) is 53.4 Å². The SMILES string of the molecule is CCc1ccc(C(C)(C)CNC(=O)[C@@H]2c3ccccc3C(=O)N(C3CCC(O)CC3)[C@H]2c2ccc(Cl)cc2)cc1. The summed E-state index contributed by atoms with van der Waals surface area (Å²) in [7, 11) is 0. The molecule has 3 aromatic carbocycles. The van der Waals surface area contributed by atoms with Crippen LogP contribution in [0.15, 0.2) is 72.8 Å². The molecule has 6 heteroatoms. The molecule has 0 spiro atoms. The van der Waals surface area contributed by atoms with Gasteiger partial charge in [0.1, 0.15) is 0 Å². The zero-order valence-corrected chi connectivity index (χ0v) is 24.3. The van der Waals surface area contributed by atoms with Crippen molar-refractivity contribution in [1.29, 1.82) is 0 Å². The molecule has 2 amide bonds. The highest BCUT2D eigenvalue weighted by Crippen LogP contribution is 2.46. The summed E-state index contributed by atoms with van der Waals surface area (Å²) in [4.78, 5) is 30.3. The van der Waals surface area contributed by atoms with E-state index in [1.165, 1.54) is 11.1 Å². The van der Waals surface area contributed by atoms with E-state index in [4.69, 9.17) is 11.6 Å². The van der Waals surface area contributed by atoms with Gasteiger partial charge in [-0.3, -0.25) is 9.59 Å². The van der Waals surface area contributed by atoms with Crippen LogP contribution in [-0.4, -0.2) is 40.5 Å². The van der Waals surface area contributed by atoms with E-state index < -0.39 is 12.0 Å². The Morgan fingerprint density at radius 2 is 1.62 bits per heavy atom. The number of fused-ring (bicyclic) bond motifs is 1. The number of nitrogens with one attached hydrogen (secondary N) is 1. The Labute approximate surface area is 242 Å². The Morgan fingerprint density at radius 3 is 2.27 bits per heavy atom. The van der Waals surface area contributed by atoms with Crippen LogP contribution in [-0.2, 0) is 16.6 Å². The molecule has 210 valence electrons. The maximum Gasteiger partial charge on any atom is 0.254 e. The van der Waals surface area contributed by atoms with E-state index in [9.17, 15) is 14.7 Å². The van der Waals surface area contributed by atoms with Crippen molar-refractivity contribution in [2.24, 2.45) is 0 Å². The largest absolute Gasteiger partial charge is 0.393 e. The van der Waals surface area contributed by atoms with Crippen molar-refractivity contribution < 1.29 is 14.7 Å². The van der Waals surface area contributed by atoms with Gasteiger partial charge in [0, 0.05) is 28.6 Å². The molecule has 5 nitrogen and oxygen atoms in total. The first-order chi connectivity index (χ1) is 19.2. The minimum Gasteiger partial charge on any atom is -0.393 e. The van der Waals surface area contributed by atoms with Gasteiger partial charge in [0.15, 0.2) is 0 Å². The van der Waals surface area contributed by atoms with Gasteiger partial charge in [-0.1, -0.05) is 87.0 Å².